The van der Waals surface area contributed by atoms with Gasteiger partial charge in [-0.3, -0.25) is 9.59 Å². The molecule has 124 valence electrons. The van der Waals surface area contributed by atoms with Crippen molar-refractivity contribution < 1.29 is 14.0 Å². The second-order valence-electron chi connectivity index (χ2n) is 6.66. The van der Waals surface area contributed by atoms with Gasteiger partial charge in [-0.2, -0.15) is 0 Å². The molecule has 2 saturated heterocycles. The van der Waals surface area contributed by atoms with Gasteiger partial charge >= 0.3 is 0 Å². The number of hydrogen-bond acceptors (Lipinski definition) is 2. The fourth-order valence-corrected chi connectivity index (χ4v) is 3.62. The van der Waals surface area contributed by atoms with Gasteiger partial charge in [0.1, 0.15) is 5.82 Å². The summed E-state index contributed by atoms with van der Waals surface area (Å²) in [6.07, 6.45) is 3.81. The highest BCUT2D eigenvalue weighted by atomic mass is 19.1. The van der Waals surface area contributed by atoms with Crippen molar-refractivity contribution in [3.63, 3.8) is 0 Å². The van der Waals surface area contributed by atoms with Crippen molar-refractivity contribution in [2.75, 3.05) is 20.1 Å². The molecule has 0 saturated carbocycles. The summed E-state index contributed by atoms with van der Waals surface area (Å²) >= 11 is 0. The second-order valence-corrected chi connectivity index (χ2v) is 6.66. The standard InChI is InChI=1S/C18H23FN2O2/c1-20-10-8-14(12-17(20)22)18(23)21-9-2-3-16(21)11-13-4-6-15(19)7-5-13/h4-7,14,16H,2-3,8-12H2,1H3/t14-,16-/m1/s1. The largest absolute Gasteiger partial charge is 0.346 e. The average Bonchev–Trinajstić information content (AvgIpc) is 2.99. The van der Waals surface area contributed by atoms with E-state index in [9.17, 15) is 14.0 Å². The average molecular weight is 318 g/mol. The van der Waals surface area contributed by atoms with Crippen LogP contribution in [0.3, 0.4) is 0 Å². The Morgan fingerprint density at radius 2 is 1.96 bits per heavy atom. The van der Waals surface area contributed by atoms with Crippen LogP contribution < -0.4 is 0 Å². The van der Waals surface area contributed by atoms with Crippen LogP contribution in [0.2, 0.25) is 0 Å². The molecule has 0 spiro atoms. The number of amides is 2. The Morgan fingerprint density at radius 3 is 2.65 bits per heavy atom. The number of benzene rings is 1. The topological polar surface area (TPSA) is 40.6 Å². The van der Waals surface area contributed by atoms with Crippen molar-refractivity contribution in [2.45, 2.75) is 38.1 Å². The number of nitrogens with zero attached hydrogens (tertiary/aromatic N) is 2. The van der Waals surface area contributed by atoms with Gasteiger partial charge in [-0.1, -0.05) is 12.1 Å². The number of hydrogen-bond donors (Lipinski definition) is 0. The lowest BCUT2D eigenvalue weighted by molar-refractivity contribution is -0.144. The van der Waals surface area contributed by atoms with E-state index in [2.05, 4.69) is 0 Å². The van der Waals surface area contributed by atoms with Crippen molar-refractivity contribution in [1.82, 2.24) is 9.80 Å². The number of halogens is 1. The molecular weight excluding hydrogens is 295 g/mol. The fourth-order valence-electron chi connectivity index (χ4n) is 3.62. The lowest BCUT2D eigenvalue weighted by Crippen LogP contribution is -2.45. The maximum Gasteiger partial charge on any atom is 0.226 e. The SMILES string of the molecule is CN1CC[C@@H](C(=O)N2CCC[C@@H]2Cc2ccc(F)cc2)CC1=O. The summed E-state index contributed by atoms with van der Waals surface area (Å²) in [5.74, 6) is -0.231. The van der Waals surface area contributed by atoms with Gasteiger partial charge in [0.05, 0.1) is 0 Å². The van der Waals surface area contributed by atoms with Crippen LogP contribution in [-0.4, -0.2) is 47.8 Å². The molecule has 4 nitrogen and oxygen atoms in total. The lowest BCUT2D eigenvalue weighted by Gasteiger charge is -2.33. The summed E-state index contributed by atoms with van der Waals surface area (Å²) in [7, 11) is 1.79. The minimum Gasteiger partial charge on any atom is -0.346 e. The van der Waals surface area contributed by atoms with Gasteiger partial charge in [0.15, 0.2) is 0 Å². The van der Waals surface area contributed by atoms with E-state index in [4.69, 9.17) is 0 Å². The van der Waals surface area contributed by atoms with Crippen LogP contribution in [0.25, 0.3) is 0 Å². The molecule has 1 aromatic carbocycles. The van der Waals surface area contributed by atoms with E-state index in [1.807, 2.05) is 4.90 Å². The first kappa shape index (κ1) is 16.0. The molecule has 23 heavy (non-hydrogen) atoms. The summed E-state index contributed by atoms with van der Waals surface area (Å²) in [6, 6.07) is 6.67. The zero-order chi connectivity index (χ0) is 16.4. The Balaban J connectivity index is 1.65. The molecule has 2 amide bonds. The van der Waals surface area contributed by atoms with Gasteiger partial charge < -0.3 is 9.80 Å². The first-order valence-electron chi connectivity index (χ1n) is 8.33. The van der Waals surface area contributed by atoms with E-state index in [0.29, 0.717) is 13.0 Å². The Bertz CT molecular complexity index is 587. The van der Waals surface area contributed by atoms with Gasteiger partial charge in [0, 0.05) is 38.5 Å². The number of carbonyl (C=O) groups is 2. The van der Waals surface area contributed by atoms with Crippen LogP contribution >= 0.6 is 0 Å². The summed E-state index contributed by atoms with van der Waals surface area (Å²) < 4.78 is 13.0. The van der Waals surface area contributed by atoms with Gasteiger partial charge in [-0.15, -0.1) is 0 Å². The molecule has 0 N–H and O–H groups in total. The van der Waals surface area contributed by atoms with Gasteiger partial charge in [-0.25, -0.2) is 4.39 Å². The van der Waals surface area contributed by atoms with E-state index in [-0.39, 0.29) is 29.6 Å². The third kappa shape index (κ3) is 3.54. The van der Waals surface area contributed by atoms with Crippen molar-refractivity contribution >= 4 is 11.8 Å². The summed E-state index contributed by atoms with van der Waals surface area (Å²) in [4.78, 5) is 28.3. The molecule has 1 aromatic rings. The monoisotopic (exact) mass is 318 g/mol. The van der Waals surface area contributed by atoms with Crippen LogP contribution in [-0.2, 0) is 16.0 Å². The number of carbonyl (C=O) groups excluding carboxylic acids is 2. The minimum absolute atomic E-state index is 0.0591. The second kappa shape index (κ2) is 6.69. The molecule has 2 fully saturated rings. The third-order valence-electron chi connectivity index (χ3n) is 5.05. The number of piperidine rings is 1. The van der Waals surface area contributed by atoms with E-state index >= 15 is 0 Å². The molecule has 0 aromatic heterocycles. The van der Waals surface area contributed by atoms with E-state index in [1.165, 1.54) is 12.1 Å². The fraction of sp³-hybridized carbons (Fsp3) is 0.556. The zero-order valence-electron chi connectivity index (χ0n) is 13.5. The van der Waals surface area contributed by atoms with Crippen LogP contribution in [0.1, 0.15) is 31.2 Å². The molecular formula is C18H23FN2O2. The normalized spacial score (nSPS) is 25.0. The molecule has 0 aliphatic carbocycles. The first-order chi connectivity index (χ1) is 11.0. The van der Waals surface area contributed by atoms with E-state index < -0.39 is 0 Å². The van der Waals surface area contributed by atoms with Crippen molar-refractivity contribution in [3.8, 4) is 0 Å². The quantitative estimate of drug-likeness (QED) is 0.857. The molecule has 0 unspecified atom stereocenters. The van der Waals surface area contributed by atoms with Crippen LogP contribution in [0, 0.1) is 11.7 Å². The van der Waals surface area contributed by atoms with Crippen molar-refractivity contribution in [1.29, 1.82) is 0 Å². The van der Waals surface area contributed by atoms with Crippen LogP contribution in [0.15, 0.2) is 24.3 Å². The Labute approximate surface area is 136 Å². The van der Waals surface area contributed by atoms with E-state index in [1.54, 1.807) is 24.1 Å². The van der Waals surface area contributed by atoms with Crippen molar-refractivity contribution in [2.24, 2.45) is 5.92 Å². The molecule has 3 rings (SSSR count). The summed E-state index contributed by atoms with van der Waals surface area (Å²) in [6.45, 7) is 1.43. The number of likely N-dealkylation sites (tertiary alicyclic amines) is 2. The molecule has 5 heteroatoms. The smallest absolute Gasteiger partial charge is 0.226 e. The minimum atomic E-state index is -0.238. The summed E-state index contributed by atoms with van der Waals surface area (Å²) in [5.41, 5.74) is 1.05. The number of rotatable bonds is 3. The van der Waals surface area contributed by atoms with Crippen LogP contribution in [0.4, 0.5) is 4.39 Å². The van der Waals surface area contributed by atoms with Gasteiger partial charge in [0.2, 0.25) is 11.8 Å². The highest BCUT2D eigenvalue weighted by molar-refractivity contribution is 5.87. The summed E-state index contributed by atoms with van der Waals surface area (Å²) in [5, 5.41) is 0. The highest BCUT2D eigenvalue weighted by Crippen LogP contribution is 2.27. The maximum absolute atomic E-state index is 13.0. The Kier molecular flexibility index (Phi) is 4.64. The molecule has 2 heterocycles. The third-order valence-corrected chi connectivity index (χ3v) is 5.05. The van der Waals surface area contributed by atoms with Gasteiger partial charge in [0.25, 0.3) is 0 Å². The molecule has 0 radical (unpaired) electrons. The molecule has 0 bridgehead atoms. The molecule has 2 aliphatic rings. The Morgan fingerprint density at radius 1 is 1.22 bits per heavy atom. The van der Waals surface area contributed by atoms with Crippen LogP contribution in [0.5, 0.6) is 0 Å². The predicted molar refractivity (Wildman–Crippen MR) is 85.2 cm³/mol. The van der Waals surface area contributed by atoms with Gasteiger partial charge in [-0.05, 0) is 43.4 Å². The van der Waals surface area contributed by atoms with E-state index in [0.717, 1.165) is 37.8 Å². The zero-order valence-corrected chi connectivity index (χ0v) is 13.5. The molecule has 2 atom stereocenters. The lowest BCUT2D eigenvalue weighted by atomic mass is 9.94. The maximum atomic E-state index is 13.0. The highest BCUT2D eigenvalue weighted by Gasteiger charge is 2.36. The first-order valence-corrected chi connectivity index (χ1v) is 8.33. The van der Waals surface area contributed by atoms with Crippen molar-refractivity contribution in [3.05, 3.63) is 35.6 Å². The molecule has 2 aliphatic heterocycles. The predicted octanol–water partition coefficient (Wildman–Crippen LogP) is 2.23. The Hall–Kier alpha value is -1.91.